The number of piperidine rings is 1. The molecule has 0 spiro atoms. The van der Waals surface area contributed by atoms with Crippen molar-refractivity contribution in [2.45, 2.75) is 18.8 Å². The first-order chi connectivity index (χ1) is 8.43. The molecule has 1 saturated heterocycles. The lowest BCUT2D eigenvalue weighted by Crippen LogP contribution is -2.21. The summed E-state index contributed by atoms with van der Waals surface area (Å²) in [5, 5.41) is 12.6. The van der Waals surface area contributed by atoms with Gasteiger partial charge in [-0.1, -0.05) is 18.2 Å². The molecule has 4 heteroatoms. The molecule has 0 N–H and O–H groups in total. The van der Waals surface area contributed by atoms with Gasteiger partial charge in [0.2, 0.25) is 11.8 Å². The van der Waals surface area contributed by atoms with Crippen molar-refractivity contribution in [3.8, 4) is 11.5 Å². The van der Waals surface area contributed by atoms with E-state index in [1.807, 2.05) is 30.3 Å². The molecule has 2 aromatic rings. The molecule has 1 aromatic carbocycles. The van der Waals surface area contributed by atoms with Crippen LogP contribution < -0.4 is 5.32 Å². The Morgan fingerprint density at radius 3 is 2.53 bits per heavy atom. The van der Waals surface area contributed by atoms with Crippen LogP contribution in [-0.2, 0) is 0 Å². The molecule has 0 saturated carbocycles. The van der Waals surface area contributed by atoms with E-state index >= 15 is 0 Å². The van der Waals surface area contributed by atoms with Gasteiger partial charge in [0.25, 0.3) is 0 Å². The third-order valence-electron chi connectivity index (χ3n) is 3.08. The molecule has 0 atom stereocenters. The predicted octanol–water partition coefficient (Wildman–Crippen LogP) is 2.22. The molecule has 1 fully saturated rings. The molecule has 0 bridgehead atoms. The molecule has 2 heterocycles. The van der Waals surface area contributed by atoms with E-state index in [0.717, 1.165) is 37.4 Å². The number of aromatic nitrogens is 2. The van der Waals surface area contributed by atoms with E-state index in [9.17, 15) is 0 Å². The first-order valence-electron chi connectivity index (χ1n) is 5.95. The molecular weight excluding hydrogens is 214 g/mol. The van der Waals surface area contributed by atoms with Crippen molar-refractivity contribution >= 4 is 0 Å². The van der Waals surface area contributed by atoms with Gasteiger partial charge in [-0.25, -0.2) is 5.32 Å². The van der Waals surface area contributed by atoms with Gasteiger partial charge < -0.3 is 4.42 Å². The average Bonchev–Trinajstić information content (AvgIpc) is 2.90. The van der Waals surface area contributed by atoms with Gasteiger partial charge in [0.1, 0.15) is 0 Å². The van der Waals surface area contributed by atoms with Gasteiger partial charge in [-0.05, 0) is 25.0 Å². The van der Waals surface area contributed by atoms with Gasteiger partial charge >= 0.3 is 0 Å². The average molecular weight is 228 g/mol. The molecule has 1 aromatic heterocycles. The Bertz CT molecular complexity index is 474. The lowest BCUT2D eigenvalue weighted by molar-refractivity contribution is 0.375. The Morgan fingerprint density at radius 1 is 1.00 bits per heavy atom. The van der Waals surface area contributed by atoms with E-state index in [2.05, 4.69) is 15.5 Å². The minimum absolute atomic E-state index is 0.387. The Balaban J connectivity index is 1.83. The Morgan fingerprint density at radius 2 is 1.76 bits per heavy atom. The van der Waals surface area contributed by atoms with Crippen LogP contribution in [0.5, 0.6) is 0 Å². The molecule has 1 radical (unpaired) electrons. The third-order valence-corrected chi connectivity index (χ3v) is 3.08. The fourth-order valence-corrected chi connectivity index (χ4v) is 2.09. The Kier molecular flexibility index (Phi) is 2.88. The summed E-state index contributed by atoms with van der Waals surface area (Å²) < 4.78 is 5.75. The van der Waals surface area contributed by atoms with Crippen molar-refractivity contribution in [3.63, 3.8) is 0 Å². The van der Waals surface area contributed by atoms with Crippen molar-refractivity contribution in [2.75, 3.05) is 13.1 Å². The number of hydrogen-bond donors (Lipinski definition) is 0. The summed E-state index contributed by atoms with van der Waals surface area (Å²) in [6.45, 7) is 1.82. The van der Waals surface area contributed by atoms with E-state index in [4.69, 9.17) is 4.42 Å². The summed E-state index contributed by atoms with van der Waals surface area (Å²) in [6, 6.07) is 9.88. The summed E-state index contributed by atoms with van der Waals surface area (Å²) in [4.78, 5) is 0. The van der Waals surface area contributed by atoms with Crippen LogP contribution in [0.4, 0.5) is 0 Å². The first-order valence-corrected chi connectivity index (χ1v) is 5.95. The second-order valence-corrected chi connectivity index (χ2v) is 4.26. The van der Waals surface area contributed by atoms with Gasteiger partial charge in [0.05, 0.1) is 0 Å². The summed E-state index contributed by atoms with van der Waals surface area (Å²) in [5.41, 5.74) is 0.978. The maximum absolute atomic E-state index is 5.75. The monoisotopic (exact) mass is 228 g/mol. The topological polar surface area (TPSA) is 53.0 Å². The minimum Gasteiger partial charge on any atom is -0.420 e. The highest BCUT2D eigenvalue weighted by Crippen LogP contribution is 2.27. The largest absolute Gasteiger partial charge is 0.420 e. The molecule has 1 aliphatic heterocycles. The highest BCUT2D eigenvalue weighted by molar-refractivity contribution is 5.51. The maximum atomic E-state index is 5.75. The van der Waals surface area contributed by atoms with E-state index in [1.165, 1.54) is 0 Å². The zero-order chi connectivity index (χ0) is 11.5. The molecule has 0 aliphatic carbocycles. The number of benzene rings is 1. The number of nitrogens with zero attached hydrogens (tertiary/aromatic N) is 3. The molecule has 1 aliphatic rings. The second-order valence-electron chi connectivity index (χ2n) is 4.26. The zero-order valence-corrected chi connectivity index (χ0v) is 9.54. The standard InChI is InChI=1S/C13H14N3O/c1-2-4-10(5-3-1)12-15-16-13(17-12)11-6-8-14-9-7-11/h1-5,11H,6-9H2. The predicted molar refractivity (Wildman–Crippen MR) is 63.6 cm³/mol. The zero-order valence-electron chi connectivity index (χ0n) is 9.54. The fourth-order valence-electron chi connectivity index (χ4n) is 2.09. The Hall–Kier alpha value is -1.68. The number of hydrogen-bond acceptors (Lipinski definition) is 3. The van der Waals surface area contributed by atoms with Crippen LogP contribution in [0.2, 0.25) is 0 Å². The van der Waals surface area contributed by atoms with Crippen LogP contribution in [-0.4, -0.2) is 23.3 Å². The summed E-state index contributed by atoms with van der Waals surface area (Å²) in [6.07, 6.45) is 2.05. The highest BCUT2D eigenvalue weighted by Gasteiger charge is 2.21. The quantitative estimate of drug-likeness (QED) is 0.792. The van der Waals surface area contributed by atoms with Crippen molar-refractivity contribution in [1.29, 1.82) is 0 Å². The van der Waals surface area contributed by atoms with Gasteiger partial charge in [-0.3, -0.25) is 0 Å². The van der Waals surface area contributed by atoms with Crippen LogP contribution >= 0.6 is 0 Å². The normalized spacial score (nSPS) is 17.2. The lowest BCUT2D eigenvalue weighted by Gasteiger charge is -2.17. The lowest BCUT2D eigenvalue weighted by atomic mass is 9.98. The van der Waals surface area contributed by atoms with Gasteiger partial charge in [0.15, 0.2) is 0 Å². The summed E-state index contributed by atoms with van der Waals surface area (Å²) in [5.74, 6) is 1.76. The summed E-state index contributed by atoms with van der Waals surface area (Å²) in [7, 11) is 0. The molecule has 0 amide bonds. The third kappa shape index (κ3) is 2.22. The minimum atomic E-state index is 0.387. The van der Waals surface area contributed by atoms with Gasteiger partial charge in [-0.15, -0.1) is 10.2 Å². The van der Waals surface area contributed by atoms with Gasteiger partial charge in [-0.2, -0.15) is 0 Å². The van der Waals surface area contributed by atoms with Crippen LogP contribution in [0, 0.1) is 0 Å². The maximum Gasteiger partial charge on any atom is 0.247 e. The van der Waals surface area contributed by atoms with E-state index < -0.39 is 0 Å². The first kappa shape index (κ1) is 10.5. The van der Waals surface area contributed by atoms with E-state index in [-0.39, 0.29) is 0 Å². The van der Waals surface area contributed by atoms with Crippen molar-refractivity contribution in [3.05, 3.63) is 36.2 Å². The van der Waals surface area contributed by atoms with E-state index in [1.54, 1.807) is 0 Å². The molecular formula is C13H14N3O. The summed E-state index contributed by atoms with van der Waals surface area (Å²) >= 11 is 0. The molecule has 87 valence electrons. The Labute approximate surface area is 100 Å². The molecule has 4 nitrogen and oxygen atoms in total. The molecule has 0 unspecified atom stereocenters. The second kappa shape index (κ2) is 4.67. The van der Waals surface area contributed by atoms with Crippen LogP contribution in [0.25, 0.3) is 11.5 Å². The van der Waals surface area contributed by atoms with E-state index in [0.29, 0.717) is 11.8 Å². The molecule has 3 rings (SSSR count). The number of rotatable bonds is 2. The van der Waals surface area contributed by atoms with Crippen LogP contribution in [0.3, 0.4) is 0 Å². The van der Waals surface area contributed by atoms with Crippen LogP contribution in [0.1, 0.15) is 24.7 Å². The smallest absolute Gasteiger partial charge is 0.247 e. The highest BCUT2D eigenvalue weighted by atomic mass is 16.4. The fraction of sp³-hybridized carbons (Fsp3) is 0.385. The SMILES string of the molecule is c1ccc(-c2nnc(C3CC[N]CC3)o2)cc1. The molecule has 17 heavy (non-hydrogen) atoms. The van der Waals surface area contributed by atoms with Crippen molar-refractivity contribution in [1.82, 2.24) is 15.5 Å². The van der Waals surface area contributed by atoms with Crippen LogP contribution in [0.15, 0.2) is 34.7 Å². The van der Waals surface area contributed by atoms with Crippen molar-refractivity contribution < 1.29 is 4.42 Å². The van der Waals surface area contributed by atoms with Crippen molar-refractivity contribution in [2.24, 2.45) is 0 Å². The van der Waals surface area contributed by atoms with Gasteiger partial charge in [0, 0.05) is 24.6 Å².